The van der Waals surface area contributed by atoms with Gasteiger partial charge in [-0.3, -0.25) is 10.1 Å². The Labute approximate surface area is 163 Å². The van der Waals surface area contributed by atoms with Crippen molar-refractivity contribution >= 4 is 5.69 Å². The van der Waals surface area contributed by atoms with Crippen LogP contribution in [0.3, 0.4) is 0 Å². The van der Waals surface area contributed by atoms with Crippen LogP contribution in [0.25, 0.3) is 5.69 Å². The minimum atomic E-state index is -4.90. The van der Waals surface area contributed by atoms with Crippen molar-refractivity contribution in [2.45, 2.75) is 19.4 Å². The Balaban J connectivity index is 1.81. The third kappa shape index (κ3) is 4.76. The summed E-state index contributed by atoms with van der Waals surface area (Å²) in [4.78, 5) is 9.78. The Bertz CT molecular complexity index is 1040. The maximum Gasteiger partial charge on any atom is 0.420 e. The van der Waals surface area contributed by atoms with Gasteiger partial charge >= 0.3 is 12.8 Å². The Kier molecular flexibility index (Phi) is 5.75. The number of ether oxygens (including phenoxy) is 2. The van der Waals surface area contributed by atoms with Gasteiger partial charge < -0.3 is 9.47 Å². The summed E-state index contributed by atoms with van der Waals surface area (Å²) >= 11 is 0. The summed E-state index contributed by atoms with van der Waals surface area (Å²) in [7, 11) is 0. The van der Waals surface area contributed by atoms with Gasteiger partial charge in [-0.1, -0.05) is 0 Å². The molecule has 3 aromatic rings. The summed E-state index contributed by atoms with van der Waals surface area (Å²) < 4.78 is 74.6. The van der Waals surface area contributed by atoms with Crippen molar-refractivity contribution in [1.29, 1.82) is 0 Å². The first-order valence-electron chi connectivity index (χ1n) is 7.96. The molecule has 9 nitrogen and oxygen atoms in total. The largest absolute Gasteiger partial charge is 0.485 e. The second-order valence-corrected chi connectivity index (χ2v) is 5.60. The van der Waals surface area contributed by atoms with Gasteiger partial charge in [-0.2, -0.15) is 26.6 Å². The van der Waals surface area contributed by atoms with E-state index in [1.54, 1.807) is 0 Å². The van der Waals surface area contributed by atoms with Crippen LogP contribution < -0.4 is 9.47 Å². The molecule has 0 amide bonds. The number of halogens is 5. The number of rotatable bonds is 7. The molecule has 0 saturated heterocycles. The minimum absolute atomic E-state index is 0.0102. The van der Waals surface area contributed by atoms with Gasteiger partial charge in [0.2, 0.25) is 0 Å². The monoisotopic (exact) mass is 431 g/mol. The van der Waals surface area contributed by atoms with Crippen molar-refractivity contribution in [1.82, 2.24) is 20.2 Å². The summed E-state index contributed by atoms with van der Waals surface area (Å²) in [5, 5.41) is 21.5. The van der Waals surface area contributed by atoms with Crippen LogP contribution in [0, 0.1) is 10.1 Å². The predicted octanol–water partition coefficient (Wildman–Crippen LogP) is 3.77. The van der Waals surface area contributed by atoms with Crippen LogP contribution in [-0.2, 0) is 12.8 Å². The summed E-state index contributed by atoms with van der Waals surface area (Å²) in [5.41, 5.74) is -1.77. The van der Waals surface area contributed by atoms with Crippen LogP contribution in [0.1, 0.15) is 11.4 Å². The summed E-state index contributed by atoms with van der Waals surface area (Å²) in [6.07, 6.45) is -4.90. The number of hydrogen-bond donors (Lipinski definition) is 0. The lowest BCUT2D eigenvalue weighted by molar-refractivity contribution is -0.385. The number of non-ortho nitro benzene ring substituents is 1. The average Bonchev–Trinajstić information content (AvgIpc) is 3.14. The quantitative estimate of drug-likeness (QED) is 0.319. The standard InChI is InChI=1S/C16H10F5N5O4/c17-15(18)30-11-4-1-9(2-5-11)25-14(22-23-24-25)8-29-13-6-3-10(26(27)28)7-12(13)16(19,20)21/h1-7,15H,8H2. The zero-order valence-corrected chi connectivity index (χ0v) is 14.6. The molecule has 2 aromatic carbocycles. The maximum absolute atomic E-state index is 13.2. The zero-order chi connectivity index (χ0) is 21.9. The Morgan fingerprint density at radius 3 is 2.43 bits per heavy atom. The van der Waals surface area contributed by atoms with Crippen molar-refractivity contribution in [2.75, 3.05) is 0 Å². The number of tetrazole rings is 1. The Morgan fingerprint density at radius 2 is 1.83 bits per heavy atom. The SMILES string of the molecule is O=[N+]([O-])c1ccc(OCc2nnnn2-c2ccc(OC(F)F)cc2)c(C(F)(F)F)c1. The molecule has 0 aliphatic carbocycles. The minimum Gasteiger partial charge on any atom is -0.485 e. The van der Waals surface area contributed by atoms with E-state index < -0.39 is 41.3 Å². The summed E-state index contributed by atoms with van der Waals surface area (Å²) in [6.45, 7) is -3.51. The maximum atomic E-state index is 13.2. The number of nitro benzene ring substituents is 1. The van der Waals surface area contributed by atoms with Crippen LogP contribution in [0.2, 0.25) is 0 Å². The van der Waals surface area contributed by atoms with Gasteiger partial charge in [0.05, 0.1) is 10.6 Å². The molecule has 3 rings (SSSR count). The molecule has 0 bridgehead atoms. The third-order valence-electron chi connectivity index (χ3n) is 3.68. The zero-order valence-electron chi connectivity index (χ0n) is 14.6. The topological polar surface area (TPSA) is 105 Å². The number of alkyl halides is 5. The summed E-state index contributed by atoms with van der Waals surface area (Å²) in [5.74, 6) is -0.771. The van der Waals surface area contributed by atoms with Crippen LogP contribution in [0.4, 0.5) is 27.6 Å². The van der Waals surface area contributed by atoms with Gasteiger partial charge in [0.25, 0.3) is 5.69 Å². The molecule has 1 heterocycles. The number of aromatic nitrogens is 4. The fourth-order valence-corrected chi connectivity index (χ4v) is 2.39. The van der Waals surface area contributed by atoms with Crippen LogP contribution in [0.5, 0.6) is 11.5 Å². The fourth-order valence-electron chi connectivity index (χ4n) is 2.39. The molecular formula is C16H10F5N5O4. The highest BCUT2D eigenvalue weighted by molar-refractivity contribution is 5.45. The smallest absolute Gasteiger partial charge is 0.420 e. The van der Waals surface area contributed by atoms with E-state index in [-0.39, 0.29) is 11.6 Å². The third-order valence-corrected chi connectivity index (χ3v) is 3.68. The molecule has 0 atom stereocenters. The van der Waals surface area contributed by atoms with Gasteiger partial charge in [0, 0.05) is 12.1 Å². The second kappa shape index (κ2) is 8.26. The molecule has 0 saturated carbocycles. The van der Waals surface area contributed by atoms with Crippen molar-refractivity contribution in [3.05, 3.63) is 64.0 Å². The lowest BCUT2D eigenvalue weighted by Crippen LogP contribution is -2.12. The van der Waals surface area contributed by atoms with E-state index >= 15 is 0 Å². The highest BCUT2D eigenvalue weighted by Gasteiger charge is 2.36. The van der Waals surface area contributed by atoms with E-state index in [2.05, 4.69) is 20.3 Å². The first kappa shape index (κ1) is 20.9. The van der Waals surface area contributed by atoms with E-state index in [1.165, 1.54) is 24.3 Å². The number of nitro groups is 1. The van der Waals surface area contributed by atoms with E-state index in [0.29, 0.717) is 11.8 Å². The molecule has 30 heavy (non-hydrogen) atoms. The van der Waals surface area contributed by atoms with Gasteiger partial charge in [-0.25, -0.2) is 0 Å². The highest BCUT2D eigenvalue weighted by atomic mass is 19.4. The van der Waals surface area contributed by atoms with Crippen LogP contribution in [0.15, 0.2) is 42.5 Å². The Hall–Kier alpha value is -3.84. The normalized spacial score (nSPS) is 11.5. The lowest BCUT2D eigenvalue weighted by Gasteiger charge is -2.13. The Morgan fingerprint density at radius 1 is 1.13 bits per heavy atom. The lowest BCUT2D eigenvalue weighted by atomic mass is 10.1. The van der Waals surface area contributed by atoms with Gasteiger partial charge in [-0.15, -0.1) is 5.10 Å². The van der Waals surface area contributed by atoms with Gasteiger partial charge in [0.1, 0.15) is 23.7 Å². The average molecular weight is 431 g/mol. The molecule has 158 valence electrons. The number of benzene rings is 2. The molecule has 0 spiro atoms. The van der Waals surface area contributed by atoms with Gasteiger partial charge in [-0.05, 0) is 40.8 Å². The molecule has 0 radical (unpaired) electrons. The van der Waals surface area contributed by atoms with Crippen molar-refractivity contribution in [2.24, 2.45) is 0 Å². The van der Waals surface area contributed by atoms with Crippen molar-refractivity contribution in [3.63, 3.8) is 0 Å². The van der Waals surface area contributed by atoms with Gasteiger partial charge in [0.15, 0.2) is 5.82 Å². The van der Waals surface area contributed by atoms with Crippen LogP contribution >= 0.6 is 0 Å². The van der Waals surface area contributed by atoms with Crippen LogP contribution in [-0.4, -0.2) is 31.7 Å². The fraction of sp³-hybridized carbons (Fsp3) is 0.188. The first-order chi connectivity index (χ1) is 14.1. The van der Waals surface area contributed by atoms with E-state index in [1.807, 2.05) is 0 Å². The van der Waals surface area contributed by atoms with Crippen molar-refractivity contribution in [3.8, 4) is 17.2 Å². The highest BCUT2D eigenvalue weighted by Crippen LogP contribution is 2.38. The number of nitrogens with zero attached hydrogens (tertiary/aromatic N) is 5. The molecule has 0 fully saturated rings. The molecular weight excluding hydrogens is 421 g/mol. The predicted molar refractivity (Wildman–Crippen MR) is 88.2 cm³/mol. The molecule has 0 unspecified atom stereocenters. The molecule has 14 heteroatoms. The van der Waals surface area contributed by atoms with Crippen molar-refractivity contribution < 1.29 is 36.3 Å². The molecule has 0 aliphatic heterocycles. The van der Waals surface area contributed by atoms with E-state index in [9.17, 15) is 32.1 Å². The molecule has 0 N–H and O–H groups in total. The molecule has 1 aromatic heterocycles. The molecule has 0 aliphatic rings. The van der Waals surface area contributed by atoms with E-state index in [0.717, 1.165) is 16.8 Å². The number of hydrogen-bond acceptors (Lipinski definition) is 7. The van der Waals surface area contributed by atoms with E-state index in [4.69, 9.17) is 4.74 Å². The first-order valence-corrected chi connectivity index (χ1v) is 7.96. The summed E-state index contributed by atoms with van der Waals surface area (Å²) in [6, 6.07) is 7.22. The second-order valence-electron chi connectivity index (χ2n) is 5.60.